The Hall–Kier alpha value is -1.73. The number of pyridine rings is 1. The molecule has 7 heteroatoms. The number of rotatable bonds is 9. The summed E-state index contributed by atoms with van der Waals surface area (Å²) >= 11 is 3.44. The monoisotopic (exact) mass is 463 g/mol. The van der Waals surface area contributed by atoms with Gasteiger partial charge in [-0.25, -0.2) is 4.98 Å². The minimum absolute atomic E-state index is 0.00556. The standard InChI is InChI=1S/C22H30BrN3O3/c1-5-22(4,14-29-21(2,3)15-7-6-8-15)13-25-20-17-10-9-16(23)11-18(17)24-12-19(20)26(27)28/h9-12,15H,5-8,13-14H2,1-4H3,(H,24,25). The molecule has 1 aromatic carbocycles. The second kappa shape index (κ2) is 8.56. The Morgan fingerprint density at radius 2 is 2.07 bits per heavy atom. The number of benzene rings is 1. The van der Waals surface area contributed by atoms with Gasteiger partial charge in [-0.05, 0) is 57.2 Å². The minimum Gasteiger partial charge on any atom is -0.378 e. The molecule has 1 fully saturated rings. The summed E-state index contributed by atoms with van der Waals surface area (Å²) < 4.78 is 7.26. The van der Waals surface area contributed by atoms with E-state index in [1.807, 2.05) is 18.2 Å². The quantitative estimate of drug-likeness (QED) is 0.347. The molecule has 1 unspecified atom stereocenters. The van der Waals surface area contributed by atoms with Gasteiger partial charge in [0.25, 0.3) is 0 Å². The Balaban J connectivity index is 1.79. The van der Waals surface area contributed by atoms with Crippen LogP contribution in [0.5, 0.6) is 0 Å². The maximum Gasteiger partial charge on any atom is 0.311 e. The molecule has 2 aromatic rings. The van der Waals surface area contributed by atoms with Crippen LogP contribution in [0, 0.1) is 21.4 Å². The topological polar surface area (TPSA) is 77.3 Å². The van der Waals surface area contributed by atoms with Crippen molar-refractivity contribution in [1.82, 2.24) is 4.98 Å². The fourth-order valence-corrected chi connectivity index (χ4v) is 3.99. The molecular weight excluding hydrogens is 434 g/mol. The third-order valence-electron chi connectivity index (χ3n) is 6.43. The molecule has 158 valence electrons. The van der Waals surface area contributed by atoms with Crippen LogP contribution in [-0.4, -0.2) is 28.7 Å². The van der Waals surface area contributed by atoms with E-state index in [4.69, 9.17) is 4.74 Å². The average Bonchev–Trinajstić information content (AvgIpc) is 2.62. The number of nitrogens with zero attached hydrogens (tertiary/aromatic N) is 2. The number of anilines is 1. The first-order valence-corrected chi connectivity index (χ1v) is 11.0. The van der Waals surface area contributed by atoms with E-state index in [9.17, 15) is 10.1 Å². The van der Waals surface area contributed by atoms with Crippen LogP contribution in [0.15, 0.2) is 28.9 Å². The van der Waals surface area contributed by atoms with Gasteiger partial charge in [0, 0.05) is 21.8 Å². The predicted molar refractivity (Wildman–Crippen MR) is 120 cm³/mol. The van der Waals surface area contributed by atoms with Crippen molar-refractivity contribution in [3.8, 4) is 0 Å². The van der Waals surface area contributed by atoms with Gasteiger partial charge in [-0.1, -0.05) is 36.2 Å². The third-order valence-corrected chi connectivity index (χ3v) is 6.93. The summed E-state index contributed by atoms with van der Waals surface area (Å²) in [5.74, 6) is 0.625. The van der Waals surface area contributed by atoms with Crippen LogP contribution in [0.4, 0.5) is 11.4 Å². The van der Waals surface area contributed by atoms with Crippen LogP contribution in [0.3, 0.4) is 0 Å². The van der Waals surface area contributed by atoms with Crippen molar-refractivity contribution in [2.24, 2.45) is 11.3 Å². The lowest BCUT2D eigenvalue weighted by Crippen LogP contribution is -2.42. The molecule has 0 bridgehead atoms. The smallest absolute Gasteiger partial charge is 0.311 e. The summed E-state index contributed by atoms with van der Waals surface area (Å²) in [5, 5.41) is 15.7. The summed E-state index contributed by atoms with van der Waals surface area (Å²) in [7, 11) is 0. The maximum atomic E-state index is 11.6. The lowest BCUT2D eigenvalue weighted by atomic mass is 9.74. The first-order chi connectivity index (χ1) is 13.6. The van der Waals surface area contributed by atoms with Crippen molar-refractivity contribution >= 4 is 38.2 Å². The first kappa shape index (κ1) is 22.0. The number of ether oxygens (including phenoxy) is 1. The van der Waals surface area contributed by atoms with Gasteiger partial charge in [0.2, 0.25) is 0 Å². The maximum absolute atomic E-state index is 11.6. The van der Waals surface area contributed by atoms with Crippen molar-refractivity contribution in [2.75, 3.05) is 18.5 Å². The summed E-state index contributed by atoms with van der Waals surface area (Å²) in [4.78, 5) is 15.5. The van der Waals surface area contributed by atoms with Crippen molar-refractivity contribution in [1.29, 1.82) is 0 Å². The predicted octanol–water partition coefficient (Wildman–Crippen LogP) is 6.33. The number of fused-ring (bicyclic) bond motifs is 1. The normalized spacial score (nSPS) is 17.0. The second-order valence-corrected chi connectivity index (χ2v) is 9.89. The lowest BCUT2D eigenvalue weighted by molar-refractivity contribution is -0.384. The van der Waals surface area contributed by atoms with Gasteiger partial charge in [-0.3, -0.25) is 10.1 Å². The van der Waals surface area contributed by atoms with E-state index in [-0.39, 0.29) is 21.6 Å². The van der Waals surface area contributed by atoms with Gasteiger partial charge in [-0.15, -0.1) is 0 Å². The lowest BCUT2D eigenvalue weighted by Gasteiger charge is -2.42. The Kier molecular flexibility index (Phi) is 6.48. The van der Waals surface area contributed by atoms with E-state index in [0.717, 1.165) is 16.3 Å². The van der Waals surface area contributed by atoms with Gasteiger partial charge in [0.15, 0.2) is 0 Å². The van der Waals surface area contributed by atoms with Gasteiger partial charge < -0.3 is 10.1 Å². The van der Waals surface area contributed by atoms with Crippen molar-refractivity contribution in [2.45, 2.75) is 59.0 Å². The highest BCUT2D eigenvalue weighted by Crippen LogP contribution is 2.40. The van der Waals surface area contributed by atoms with Gasteiger partial charge in [0.1, 0.15) is 11.9 Å². The average molecular weight is 464 g/mol. The van der Waals surface area contributed by atoms with Gasteiger partial charge in [0.05, 0.1) is 22.6 Å². The van der Waals surface area contributed by atoms with E-state index in [1.54, 1.807) is 0 Å². The molecule has 1 aliphatic rings. The molecule has 29 heavy (non-hydrogen) atoms. The molecule has 0 aliphatic heterocycles. The van der Waals surface area contributed by atoms with Crippen molar-refractivity contribution < 1.29 is 9.66 Å². The molecule has 1 aliphatic carbocycles. The van der Waals surface area contributed by atoms with E-state index < -0.39 is 0 Å². The molecule has 1 heterocycles. The van der Waals surface area contributed by atoms with Crippen LogP contribution in [0.1, 0.15) is 53.4 Å². The highest BCUT2D eigenvalue weighted by Gasteiger charge is 2.37. The summed E-state index contributed by atoms with van der Waals surface area (Å²) in [5.41, 5.74) is 0.961. The molecule has 1 saturated carbocycles. The molecule has 1 N–H and O–H groups in total. The van der Waals surface area contributed by atoms with Crippen molar-refractivity contribution in [3.63, 3.8) is 0 Å². The van der Waals surface area contributed by atoms with Crippen LogP contribution < -0.4 is 5.32 Å². The number of nitro groups is 1. The Labute approximate surface area is 180 Å². The molecule has 0 spiro atoms. The molecule has 3 rings (SSSR count). The zero-order valence-corrected chi connectivity index (χ0v) is 19.2. The molecule has 6 nitrogen and oxygen atoms in total. The van der Waals surface area contributed by atoms with E-state index in [2.05, 4.69) is 53.9 Å². The van der Waals surface area contributed by atoms with Crippen LogP contribution in [0.2, 0.25) is 0 Å². The van der Waals surface area contributed by atoms with Crippen LogP contribution in [-0.2, 0) is 4.74 Å². The van der Waals surface area contributed by atoms with Gasteiger partial charge >= 0.3 is 5.69 Å². The Morgan fingerprint density at radius 1 is 1.34 bits per heavy atom. The number of aromatic nitrogens is 1. The fraction of sp³-hybridized carbons (Fsp3) is 0.591. The molecule has 1 atom stereocenters. The SMILES string of the molecule is CCC(C)(CNc1c([N+](=O)[O-])cnc2cc(Br)ccc12)COC(C)(C)C1CCC1. The van der Waals surface area contributed by atoms with Gasteiger partial charge in [-0.2, -0.15) is 0 Å². The Bertz CT molecular complexity index is 898. The van der Waals surface area contributed by atoms with E-state index in [0.29, 0.717) is 30.3 Å². The minimum atomic E-state index is -0.379. The summed E-state index contributed by atoms with van der Waals surface area (Å²) in [6, 6.07) is 5.61. The zero-order valence-electron chi connectivity index (χ0n) is 17.6. The largest absolute Gasteiger partial charge is 0.378 e. The summed E-state index contributed by atoms with van der Waals surface area (Å²) in [6.07, 6.45) is 6.00. The third kappa shape index (κ3) is 4.89. The van der Waals surface area contributed by atoms with E-state index in [1.165, 1.54) is 25.5 Å². The highest BCUT2D eigenvalue weighted by molar-refractivity contribution is 9.10. The highest BCUT2D eigenvalue weighted by atomic mass is 79.9. The molecule has 0 amide bonds. The zero-order chi connectivity index (χ0) is 21.2. The molecule has 0 saturated heterocycles. The molecule has 1 aromatic heterocycles. The number of nitrogens with one attached hydrogen (secondary N) is 1. The molecular formula is C22H30BrN3O3. The number of hydrogen-bond acceptors (Lipinski definition) is 5. The first-order valence-electron chi connectivity index (χ1n) is 10.3. The Morgan fingerprint density at radius 3 is 2.66 bits per heavy atom. The summed E-state index contributed by atoms with van der Waals surface area (Å²) in [6.45, 7) is 9.86. The number of halogens is 1. The fourth-order valence-electron chi connectivity index (χ4n) is 3.64. The molecule has 0 radical (unpaired) electrons. The van der Waals surface area contributed by atoms with Crippen molar-refractivity contribution in [3.05, 3.63) is 39.0 Å². The number of hydrogen-bond donors (Lipinski definition) is 1. The van der Waals surface area contributed by atoms with Crippen LogP contribution in [0.25, 0.3) is 10.9 Å². The van der Waals surface area contributed by atoms with E-state index >= 15 is 0 Å². The van der Waals surface area contributed by atoms with Crippen LogP contribution >= 0.6 is 15.9 Å². The second-order valence-electron chi connectivity index (χ2n) is 8.97.